The second-order valence-electron chi connectivity index (χ2n) is 6.10. The number of hydrogen-bond donors (Lipinski definition) is 1. The van der Waals surface area contributed by atoms with Crippen molar-refractivity contribution in [3.05, 3.63) is 41.8 Å². The van der Waals surface area contributed by atoms with Crippen LogP contribution in [0, 0.1) is 5.41 Å². The molecule has 1 heterocycles. The fraction of sp³-hybridized carbons (Fsp3) is 0.278. The summed E-state index contributed by atoms with van der Waals surface area (Å²) in [7, 11) is 5.18. The summed E-state index contributed by atoms with van der Waals surface area (Å²) in [6.07, 6.45) is 0. The van der Waals surface area contributed by atoms with Gasteiger partial charge in [-0.05, 0) is 36.4 Å². The highest BCUT2D eigenvalue weighted by molar-refractivity contribution is 7.63. The number of aromatic nitrogens is 1. The fourth-order valence-electron chi connectivity index (χ4n) is 3.11. The minimum Gasteiger partial charge on any atom is -0.378 e. The number of hydrogen-bond acceptors (Lipinski definition) is 5. The first-order valence-electron chi connectivity index (χ1n) is 7.83. The molecule has 0 amide bonds. The van der Waals surface area contributed by atoms with Crippen molar-refractivity contribution in [1.29, 1.82) is 5.41 Å². The van der Waals surface area contributed by atoms with Gasteiger partial charge in [-0.2, -0.15) is 0 Å². The summed E-state index contributed by atoms with van der Waals surface area (Å²) in [6.45, 7) is 0. The summed E-state index contributed by atoms with van der Waals surface area (Å²) in [5.74, 6) is 0. The van der Waals surface area contributed by atoms with Crippen LogP contribution in [0.1, 0.15) is 0 Å². The molecule has 1 aliphatic carbocycles. The lowest BCUT2D eigenvalue weighted by Crippen LogP contribution is -2.20. The SMILES string of the molecule is COP(=O)(OC)c1c2ccc(=N)cc-2n(C)c2cc(N(C)C)ccc12. The van der Waals surface area contributed by atoms with Crippen LogP contribution < -0.4 is 15.6 Å². The number of nitrogens with zero attached hydrogens (tertiary/aromatic N) is 2. The molecule has 1 aliphatic heterocycles. The zero-order chi connectivity index (χ0) is 18.4. The van der Waals surface area contributed by atoms with Crippen molar-refractivity contribution < 1.29 is 13.6 Å². The van der Waals surface area contributed by atoms with Crippen molar-refractivity contribution in [2.45, 2.75) is 0 Å². The lowest BCUT2D eigenvalue weighted by Gasteiger charge is -2.25. The zero-order valence-electron chi connectivity index (χ0n) is 15.0. The highest BCUT2D eigenvalue weighted by Crippen LogP contribution is 2.50. The van der Waals surface area contributed by atoms with Gasteiger partial charge in [0, 0.05) is 52.0 Å². The van der Waals surface area contributed by atoms with Gasteiger partial charge in [0.15, 0.2) is 0 Å². The van der Waals surface area contributed by atoms with E-state index >= 15 is 0 Å². The number of nitrogens with one attached hydrogen (secondary N) is 1. The Morgan fingerprint density at radius 3 is 2.36 bits per heavy atom. The van der Waals surface area contributed by atoms with E-state index in [0.29, 0.717) is 10.7 Å². The van der Waals surface area contributed by atoms with Gasteiger partial charge in [-0.15, -0.1) is 0 Å². The van der Waals surface area contributed by atoms with E-state index in [-0.39, 0.29) is 0 Å². The van der Waals surface area contributed by atoms with E-state index in [4.69, 9.17) is 14.5 Å². The molecule has 132 valence electrons. The van der Waals surface area contributed by atoms with E-state index in [0.717, 1.165) is 27.8 Å². The van der Waals surface area contributed by atoms with Gasteiger partial charge in [0.25, 0.3) is 0 Å². The van der Waals surface area contributed by atoms with Gasteiger partial charge in [-0.3, -0.25) is 4.57 Å². The third-order valence-electron chi connectivity index (χ3n) is 4.48. The molecule has 0 radical (unpaired) electrons. The lowest BCUT2D eigenvalue weighted by molar-refractivity contribution is 0.287. The quantitative estimate of drug-likeness (QED) is 0.574. The van der Waals surface area contributed by atoms with Crippen LogP contribution in [0.15, 0.2) is 36.4 Å². The highest BCUT2D eigenvalue weighted by Gasteiger charge is 2.32. The van der Waals surface area contributed by atoms with E-state index in [2.05, 4.69) is 0 Å². The van der Waals surface area contributed by atoms with Crippen LogP contribution in [-0.4, -0.2) is 32.9 Å². The van der Waals surface area contributed by atoms with Crippen molar-refractivity contribution in [3.63, 3.8) is 0 Å². The third kappa shape index (κ3) is 2.76. The molecule has 7 heteroatoms. The van der Waals surface area contributed by atoms with Gasteiger partial charge in [0.1, 0.15) is 0 Å². The molecular formula is C18H22N3O3P. The van der Waals surface area contributed by atoms with E-state index in [1.165, 1.54) is 14.2 Å². The first kappa shape index (κ1) is 17.7. The predicted octanol–water partition coefficient (Wildman–Crippen LogP) is 2.94. The molecule has 0 spiro atoms. The topological polar surface area (TPSA) is 67.5 Å². The molecule has 0 fully saturated rings. The van der Waals surface area contributed by atoms with Crippen molar-refractivity contribution in [2.24, 2.45) is 7.05 Å². The molecular weight excluding hydrogens is 337 g/mol. The Bertz CT molecular complexity index is 1020. The largest absolute Gasteiger partial charge is 0.378 e. The zero-order valence-corrected chi connectivity index (χ0v) is 15.9. The van der Waals surface area contributed by atoms with Crippen LogP contribution in [0.2, 0.25) is 0 Å². The van der Waals surface area contributed by atoms with E-state index in [1.807, 2.05) is 48.8 Å². The van der Waals surface area contributed by atoms with E-state index in [1.54, 1.807) is 18.2 Å². The standard InChI is InChI=1S/C18H22N3O3P/c1-20(2)13-7-9-15-17(11-13)21(3)16-10-12(19)6-8-14(16)18(15)25(22,23-4)24-5/h6-11,19H,1-5H3. The number of fused-ring (bicyclic) bond motifs is 2. The monoisotopic (exact) mass is 359 g/mol. The molecule has 3 rings (SSSR count). The summed E-state index contributed by atoms with van der Waals surface area (Å²) in [4.78, 5) is 2.01. The van der Waals surface area contributed by atoms with Crippen LogP contribution in [0.4, 0.5) is 5.69 Å². The number of benzene rings is 2. The molecule has 0 saturated heterocycles. The summed E-state index contributed by atoms with van der Waals surface area (Å²) < 4.78 is 25.9. The van der Waals surface area contributed by atoms with Crippen LogP contribution >= 0.6 is 7.60 Å². The normalized spacial score (nSPS) is 12.0. The van der Waals surface area contributed by atoms with E-state index in [9.17, 15) is 4.57 Å². The van der Waals surface area contributed by atoms with Gasteiger partial charge >= 0.3 is 7.60 Å². The molecule has 1 aromatic rings. The highest BCUT2D eigenvalue weighted by atomic mass is 31.2. The van der Waals surface area contributed by atoms with Gasteiger partial charge in [-0.25, -0.2) is 0 Å². The molecule has 1 N–H and O–H groups in total. The van der Waals surface area contributed by atoms with Gasteiger partial charge in [0.05, 0.1) is 21.9 Å². The molecule has 0 aromatic heterocycles. The molecule has 25 heavy (non-hydrogen) atoms. The Balaban J connectivity index is 2.57. The Morgan fingerprint density at radius 1 is 1.08 bits per heavy atom. The van der Waals surface area contributed by atoms with Crippen molar-refractivity contribution in [2.75, 3.05) is 33.2 Å². The van der Waals surface area contributed by atoms with Crippen molar-refractivity contribution >= 4 is 29.5 Å². The van der Waals surface area contributed by atoms with Crippen LogP contribution in [-0.2, 0) is 20.7 Å². The average molecular weight is 359 g/mol. The van der Waals surface area contributed by atoms with Gasteiger partial charge < -0.3 is 23.9 Å². The Kier molecular flexibility index (Phi) is 4.45. The average Bonchev–Trinajstić information content (AvgIpc) is 2.61. The lowest BCUT2D eigenvalue weighted by atomic mass is 10.0. The summed E-state index contributed by atoms with van der Waals surface area (Å²) in [5.41, 5.74) is 3.49. The van der Waals surface area contributed by atoms with Gasteiger partial charge in [0.2, 0.25) is 0 Å². The Labute approximate surface area is 147 Å². The smallest absolute Gasteiger partial charge is 0.362 e. The third-order valence-corrected chi connectivity index (χ3v) is 6.47. The number of anilines is 1. The minimum atomic E-state index is -3.49. The predicted molar refractivity (Wildman–Crippen MR) is 101 cm³/mol. The molecule has 6 nitrogen and oxygen atoms in total. The minimum absolute atomic E-state index is 0.391. The van der Waals surface area contributed by atoms with Crippen molar-refractivity contribution in [3.8, 4) is 11.3 Å². The summed E-state index contributed by atoms with van der Waals surface area (Å²) in [5, 5.41) is 9.69. The second kappa shape index (κ2) is 6.30. The van der Waals surface area contributed by atoms with Crippen LogP contribution in [0.3, 0.4) is 0 Å². The second-order valence-corrected chi connectivity index (χ2v) is 8.27. The molecule has 0 unspecified atom stereocenters. The summed E-state index contributed by atoms with van der Waals surface area (Å²) in [6, 6.07) is 11.2. The Hall–Kier alpha value is -2.14. The maximum absolute atomic E-state index is 13.3. The molecule has 1 aromatic carbocycles. The first-order valence-corrected chi connectivity index (χ1v) is 9.37. The van der Waals surface area contributed by atoms with Crippen LogP contribution in [0.5, 0.6) is 0 Å². The van der Waals surface area contributed by atoms with Crippen LogP contribution in [0.25, 0.3) is 22.2 Å². The number of rotatable bonds is 4. The fourth-order valence-corrected chi connectivity index (χ4v) is 4.59. The molecule has 0 atom stereocenters. The Morgan fingerprint density at radius 2 is 1.76 bits per heavy atom. The van der Waals surface area contributed by atoms with Gasteiger partial charge in [-0.1, -0.05) is 0 Å². The number of aryl methyl sites for hydroxylation is 1. The molecule has 0 bridgehead atoms. The molecule has 2 aliphatic rings. The molecule has 0 saturated carbocycles. The summed E-state index contributed by atoms with van der Waals surface area (Å²) >= 11 is 0. The first-order chi connectivity index (χ1) is 11.8. The maximum atomic E-state index is 13.3. The van der Waals surface area contributed by atoms with Crippen molar-refractivity contribution in [1.82, 2.24) is 4.57 Å². The van der Waals surface area contributed by atoms with E-state index < -0.39 is 7.60 Å². The number of pyridine rings is 1. The maximum Gasteiger partial charge on any atom is 0.362 e.